The molecule has 10 heteroatoms. The molecule has 0 bridgehead atoms. The van der Waals surface area contributed by atoms with E-state index in [0.717, 1.165) is 67.5 Å². The second kappa shape index (κ2) is 30.1. The van der Waals surface area contributed by atoms with Gasteiger partial charge in [0.1, 0.15) is 28.7 Å². The van der Waals surface area contributed by atoms with E-state index in [2.05, 4.69) is 296 Å². The fourth-order valence-electron chi connectivity index (χ4n) is 9.81. The van der Waals surface area contributed by atoms with Crippen LogP contribution in [0.5, 0.6) is 28.7 Å². The molecule has 5 aromatic carbocycles. The highest BCUT2D eigenvalue weighted by atomic mass is 35.7. The summed E-state index contributed by atoms with van der Waals surface area (Å²) in [4.78, 5) is 0. The summed E-state index contributed by atoms with van der Waals surface area (Å²) in [7, 11) is -3.34. The highest BCUT2D eigenvalue weighted by molar-refractivity contribution is 7.76. The molecule has 5 aromatic rings. The van der Waals surface area contributed by atoms with Gasteiger partial charge in [0.2, 0.25) is 0 Å². The zero-order chi connectivity index (χ0) is 69.7. The van der Waals surface area contributed by atoms with E-state index >= 15 is 0 Å². The number of phenolic OH excluding ortho intramolecular Hbond substituents is 1. The van der Waals surface area contributed by atoms with Crippen molar-refractivity contribution in [3.63, 3.8) is 0 Å². The maximum Gasteiger partial charge on any atom is 0.463 e. The number of hydrogen-bond acceptors (Lipinski definition) is 7. The SMILES string of the molecule is CCO.CCOP(Oc1c(C)cc(C(C)(C)C)cc1C(C)(C)C)Oc1c(C)cc(C(C)(C)C)cc1C(C)(C)C.Cc1cc(C(C)(C)C)cc(C(C)(C)C)c1O.Cc1cc(C(C)(C)C)cc(C(C)(C)C)c1OP(Cl)Oc1c(C)cc(C(C)(C)C)cc1C(C)(C)C. The average Bonchev–Trinajstić information content (AvgIpc) is 1.37. The van der Waals surface area contributed by atoms with Crippen molar-refractivity contribution in [2.24, 2.45) is 0 Å². The molecule has 0 aromatic heterocycles. The molecular formula is C79H127ClO7P2. The molecule has 0 atom stereocenters. The average molecular weight is 1290 g/mol. The molecule has 502 valence electrons. The van der Waals surface area contributed by atoms with Crippen LogP contribution in [0.25, 0.3) is 0 Å². The fraction of sp³-hybridized carbons (Fsp3) is 0.620. The highest BCUT2D eigenvalue weighted by Crippen LogP contribution is 2.54. The van der Waals surface area contributed by atoms with Gasteiger partial charge in [-0.2, -0.15) is 0 Å². The third-order valence-electron chi connectivity index (χ3n) is 15.7. The summed E-state index contributed by atoms with van der Waals surface area (Å²) in [5, 5.41) is 17.7. The molecule has 0 aliphatic rings. The van der Waals surface area contributed by atoms with Gasteiger partial charge in [-0.05, 0) is 175 Å². The molecule has 0 saturated carbocycles. The lowest BCUT2D eigenvalue weighted by atomic mass is 9.79. The quantitative estimate of drug-likeness (QED) is 0.135. The number of rotatable bonds is 10. The lowest BCUT2D eigenvalue weighted by Crippen LogP contribution is -2.19. The minimum Gasteiger partial charge on any atom is -0.507 e. The van der Waals surface area contributed by atoms with Crippen LogP contribution < -0.4 is 18.1 Å². The Hall–Kier alpha value is -3.83. The number of aliphatic hydroxyl groups is 1. The van der Waals surface area contributed by atoms with Crippen molar-refractivity contribution in [2.75, 3.05) is 13.2 Å². The molecule has 2 N–H and O–H groups in total. The summed E-state index contributed by atoms with van der Waals surface area (Å²) in [5.41, 5.74) is 17.5. The second-order valence-electron chi connectivity index (χ2n) is 34.9. The number of aliphatic hydroxyl groups excluding tert-OH is 1. The topological polar surface area (TPSA) is 86.6 Å². The molecular weight excluding hydrogens is 1160 g/mol. The molecule has 7 nitrogen and oxygen atoms in total. The molecule has 0 heterocycles. The van der Waals surface area contributed by atoms with Gasteiger partial charge in [0.15, 0.2) is 0 Å². The Morgan fingerprint density at radius 3 is 0.697 bits per heavy atom. The van der Waals surface area contributed by atoms with Crippen molar-refractivity contribution in [2.45, 2.75) is 310 Å². The summed E-state index contributed by atoms with van der Waals surface area (Å²) in [5.74, 6) is 3.86. The monoisotopic (exact) mass is 1280 g/mol. The minimum atomic E-state index is -1.70. The number of halogens is 1. The van der Waals surface area contributed by atoms with Gasteiger partial charge in [-0.3, -0.25) is 4.52 Å². The normalized spacial score (nSPS) is 13.0. The Labute approximate surface area is 553 Å². The van der Waals surface area contributed by atoms with Gasteiger partial charge in [0, 0.05) is 28.9 Å². The first-order valence-electron chi connectivity index (χ1n) is 32.4. The van der Waals surface area contributed by atoms with Crippen LogP contribution in [-0.4, -0.2) is 23.4 Å². The van der Waals surface area contributed by atoms with E-state index in [1.54, 1.807) is 6.92 Å². The standard InChI is InChI=1S/C32H51O3P.C30H46ClO2P.C15H24O.C2H6O/c1-16-33-36(34-27-21(2)17-23(29(4,5)6)19-25(27)31(10,11)12)35-28-22(3)18-24(30(7,8)9)20-26(28)32(13,14)15;1-19-15-21(27(3,4)5)17-23(29(9,10)11)25(19)32-34(31)33-26-20(2)16-22(28(6,7)8)18-24(26)30(12,13)14;1-10-8-11(14(2,3)4)9-12(13(10)16)15(5,6)7;1-2-3/h17-20H,16H2,1-15H3;15-18H,1-14H3;8-9,16H,1-7H3;3H,2H2,1H3. The van der Waals surface area contributed by atoms with E-state index in [-0.39, 0.29) is 60.8 Å². The summed E-state index contributed by atoms with van der Waals surface area (Å²) in [6.45, 7) is 81.5. The zero-order valence-electron chi connectivity index (χ0n) is 63.4. The van der Waals surface area contributed by atoms with Crippen molar-refractivity contribution in [3.8, 4) is 28.7 Å². The van der Waals surface area contributed by atoms with Crippen molar-refractivity contribution in [1.82, 2.24) is 0 Å². The molecule has 5 rings (SSSR count). The fourth-order valence-corrected chi connectivity index (χ4v) is 12.2. The maximum atomic E-state index is 10.1. The van der Waals surface area contributed by atoms with Crippen LogP contribution in [-0.2, 0) is 58.7 Å². The van der Waals surface area contributed by atoms with E-state index in [0.29, 0.717) is 12.4 Å². The number of hydrogen-bond donors (Lipinski definition) is 2. The first-order chi connectivity index (χ1) is 39.7. The third kappa shape index (κ3) is 23.6. The highest BCUT2D eigenvalue weighted by Gasteiger charge is 2.34. The van der Waals surface area contributed by atoms with Gasteiger partial charge in [-0.15, -0.1) is 0 Å². The van der Waals surface area contributed by atoms with Crippen LogP contribution in [0.15, 0.2) is 60.7 Å². The van der Waals surface area contributed by atoms with E-state index in [1.165, 1.54) is 38.9 Å². The van der Waals surface area contributed by atoms with Gasteiger partial charge in [-0.25, -0.2) is 0 Å². The Morgan fingerprint density at radius 2 is 0.506 bits per heavy atom. The number of aryl methyl sites for hydroxylation is 5. The van der Waals surface area contributed by atoms with Crippen LogP contribution in [0.4, 0.5) is 0 Å². The summed E-state index contributed by atoms with van der Waals surface area (Å²) in [6, 6.07) is 22.3. The van der Waals surface area contributed by atoms with Crippen LogP contribution >= 0.6 is 27.6 Å². The molecule has 0 saturated heterocycles. The molecule has 0 aliphatic heterocycles. The molecule has 0 radical (unpaired) electrons. The van der Waals surface area contributed by atoms with Crippen LogP contribution in [0.2, 0.25) is 0 Å². The third-order valence-corrected chi connectivity index (χ3v) is 17.9. The zero-order valence-corrected chi connectivity index (χ0v) is 65.9. The van der Waals surface area contributed by atoms with Gasteiger partial charge in [-0.1, -0.05) is 268 Å². The number of phenols is 1. The maximum absolute atomic E-state index is 10.1. The van der Waals surface area contributed by atoms with Crippen LogP contribution in [0, 0.1) is 34.6 Å². The van der Waals surface area contributed by atoms with Gasteiger partial charge in [0.05, 0.1) is 6.61 Å². The van der Waals surface area contributed by atoms with Crippen molar-refractivity contribution >= 4 is 27.6 Å². The lowest BCUT2D eigenvalue weighted by molar-refractivity contribution is 0.275. The summed E-state index contributed by atoms with van der Waals surface area (Å²) >= 11 is 6.82. The first-order valence-corrected chi connectivity index (χ1v) is 35.6. The van der Waals surface area contributed by atoms with Crippen LogP contribution in [0.1, 0.15) is 305 Å². The molecule has 0 unspecified atom stereocenters. The molecule has 0 aliphatic carbocycles. The van der Waals surface area contributed by atoms with Gasteiger partial charge >= 0.3 is 16.3 Å². The minimum absolute atomic E-state index is 0.0178. The Bertz CT molecular complexity index is 2970. The number of benzene rings is 5. The van der Waals surface area contributed by atoms with Crippen molar-refractivity contribution < 1.29 is 32.8 Å². The predicted octanol–water partition coefficient (Wildman–Crippen LogP) is 24.9. The molecule has 0 fully saturated rings. The van der Waals surface area contributed by atoms with Crippen molar-refractivity contribution in [1.29, 1.82) is 0 Å². The Balaban J connectivity index is 0.000000473. The predicted molar refractivity (Wildman–Crippen MR) is 391 cm³/mol. The first kappa shape index (κ1) is 81.3. The summed E-state index contributed by atoms with van der Waals surface area (Å²) in [6.07, 6.45) is 0. The van der Waals surface area contributed by atoms with Crippen LogP contribution in [0.3, 0.4) is 0 Å². The largest absolute Gasteiger partial charge is 0.507 e. The summed E-state index contributed by atoms with van der Waals surface area (Å²) < 4.78 is 32.2. The van der Waals surface area contributed by atoms with E-state index in [1.807, 2.05) is 13.8 Å². The Morgan fingerprint density at radius 1 is 0.315 bits per heavy atom. The van der Waals surface area contributed by atoms with E-state index < -0.39 is 16.3 Å². The second-order valence-corrected chi connectivity index (χ2v) is 37.6. The van der Waals surface area contributed by atoms with Gasteiger partial charge < -0.3 is 28.3 Å². The molecule has 0 amide bonds. The van der Waals surface area contributed by atoms with Crippen molar-refractivity contribution in [3.05, 3.63) is 144 Å². The van der Waals surface area contributed by atoms with Gasteiger partial charge in [0.25, 0.3) is 0 Å². The number of aromatic hydroxyl groups is 1. The molecule has 0 spiro atoms. The van der Waals surface area contributed by atoms with E-state index in [4.69, 9.17) is 39.0 Å². The molecule has 89 heavy (non-hydrogen) atoms. The smallest absolute Gasteiger partial charge is 0.463 e. The van der Waals surface area contributed by atoms with E-state index in [9.17, 15) is 5.11 Å². The Kier molecular flexibility index (Phi) is 27.4. The lowest BCUT2D eigenvalue weighted by Gasteiger charge is -2.31.